The van der Waals surface area contributed by atoms with Gasteiger partial charge in [0, 0.05) is 24.7 Å². The minimum atomic E-state index is -2.66. The number of aromatic nitrogens is 4. The van der Waals surface area contributed by atoms with E-state index in [0.29, 0.717) is 10.8 Å². The number of hydrogen-bond acceptors (Lipinski definition) is 7. The second-order valence-electron chi connectivity index (χ2n) is 8.63. The minimum Gasteiger partial charge on any atom is -0.442 e. The molecule has 0 saturated carbocycles. The summed E-state index contributed by atoms with van der Waals surface area (Å²) in [6.07, 6.45) is -1.56. The van der Waals surface area contributed by atoms with E-state index in [1.165, 1.54) is 18.2 Å². The number of alkyl halides is 2. The first-order valence-corrected chi connectivity index (χ1v) is 11.7. The third kappa shape index (κ3) is 4.57. The number of thiazole rings is 1. The second kappa shape index (κ2) is 9.27. The van der Waals surface area contributed by atoms with Crippen molar-refractivity contribution in [2.45, 2.75) is 25.4 Å². The Hall–Kier alpha value is -3.78. The molecule has 2 aromatic carbocycles. The van der Waals surface area contributed by atoms with Crippen LogP contribution in [0.25, 0.3) is 5.69 Å². The Bertz CT molecular complexity index is 1510. The number of hydrogen-bond donors (Lipinski definition) is 1. The van der Waals surface area contributed by atoms with E-state index in [1.807, 2.05) is 0 Å². The van der Waals surface area contributed by atoms with Crippen LogP contribution in [0.4, 0.5) is 27.1 Å². The number of aryl methyl sites for hydroxylation is 1. The number of nitrogens with zero attached hydrogens (tertiary/aromatic N) is 5. The zero-order valence-electron chi connectivity index (χ0n) is 19.2. The van der Waals surface area contributed by atoms with Crippen LogP contribution < -0.4 is 21.1 Å². The summed E-state index contributed by atoms with van der Waals surface area (Å²) in [7, 11) is 0. The lowest BCUT2D eigenvalue weighted by atomic mass is 9.92. The molecule has 0 unspecified atom stereocenters. The van der Waals surface area contributed by atoms with Gasteiger partial charge in [0.15, 0.2) is 16.7 Å². The van der Waals surface area contributed by atoms with Crippen molar-refractivity contribution in [3.8, 4) is 16.5 Å². The molecule has 0 bridgehead atoms. The second-order valence-corrected chi connectivity index (χ2v) is 9.57. The van der Waals surface area contributed by atoms with Crippen LogP contribution in [0.1, 0.15) is 11.3 Å². The molecule has 14 heteroatoms. The number of rotatable bonds is 7. The highest BCUT2D eigenvalue weighted by Gasteiger charge is 2.48. The topological polar surface area (TPSA) is 91.2 Å². The van der Waals surface area contributed by atoms with Gasteiger partial charge in [0.05, 0.1) is 17.9 Å². The van der Waals surface area contributed by atoms with Gasteiger partial charge in [-0.25, -0.2) is 31.7 Å². The lowest BCUT2D eigenvalue weighted by Crippen LogP contribution is -2.71. The first-order chi connectivity index (χ1) is 17.6. The fourth-order valence-corrected chi connectivity index (χ4v) is 4.75. The van der Waals surface area contributed by atoms with Gasteiger partial charge in [0.1, 0.15) is 23.5 Å². The van der Waals surface area contributed by atoms with E-state index in [0.717, 1.165) is 45.1 Å². The molecule has 2 aromatic heterocycles. The lowest BCUT2D eigenvalue weighted by Gasteiger charge is -2.46. The van der Waals surface area contributed by atoms with Crippen molar-refractivity contribution < 1.29 is 26.7 Å². The summed E-state index contributed by atoms with van der Waals surface area (Å²) in [6.45, 7) is 1.11. The van der Waals surface area contributed by atoms with Crippen molar-refractivity contribution in [3.63, 3.8) is 0 Å². The molecule has 0 amide bonds. The number of benzene rings is 2. The Morgan fingerprint density at radius 1 is 1.14 bits per heavy atom. The van der Waals surface area contributed by atoms with Gasteiger partial charge >= 0.3 is 5.69 Å². The number of ether oxygens (including phenoxy) is 1. The van der Waals surface area contributed by atoms with E-state index in [9.17, 15) is 26.7 Å². The highest BCUT2D eigenvalue weighted by atomic mass is 32.1. The third-order valence-electron chi connectivity index (χ3n) is 5.90. The molecule has 4 aromatic rings. The van der Waals surface area contributed by atoms with Crippen LogP contribution in [-0.4, -0.2) is 44.4 Å². The van der Waals surface area contributed by atoms with Gasteiger partial charge in [-0.15, -0.1) is 0 Å². The Labute approximate surface area is 210 Å². The van der Waals surface area contributed by atoms with Gasteiger partial charge in [-0.3, -0.25) is 4.57 Å². The molecule has 0 radical (unpaired) electrons. The van der Waals surface area contributed by atoms with Gasteiger partial charge in [0.25, 0.3) is 6.43 Å². The predicted octanol–water partition coefficient (Wildman–Crippen LogP) is 3.84. The largest absolute Gasteiger partial charge is 0.442 e. The Kier molecular flexibility index (Phi) is 6.23. The Balaban J connectivity index is 1.33. The van der Waals surface area contributed by atoms with Crippen LogP contribution in [0.5, 0.6) is 10.8 Å². The van der Waals surface area contributed by atoms with Gasteiger partial charge < -0.3 is 15.4 Å². The van der Waals surface area contributed by atoms with E-state index in [1.54, 1.807) is 11.8 Å². The first-order valence-electron chi connectivity index (χ1n) is 10.9. The predicted molar refractivity (Wildman–Crippen MR) is 125 cm³/mol. The van der Waals surface area contributed by atoms with Crippen LogP contribution in [0.3, 0.4) is 0 Å². The molecular formula is C23H19F5N6O2S. The zero-order valence-corrected chi connectivity index (χ0v) is 20.0. The maximum absolute atomic E-state index is 14.9. The van der Waals surface area contributed by atoms with Crippen LogP contribution in [0.15, 0.2) is 47.5 Å². The SMILES string of the molecule is Cc1nc(N2CC(N)(C(F)F)C2)sc1Oc1ccc(-n2ncn(Cc3c(F)cccc3F)c2=O)cc1F. The average molecular weight is 539 g/mol. The molecule has 1 saturated heterocycles. The fourth-order valence-electron chi connectivity index (χ4n) is 3.81. The third-order valence-corrected chi connectivity index (χ3v) is 7.00. The molecule has 1 aliphatic heterocycles. The normalized spacial score (nSPS) is 14.8. The average Bonchev–Trinajstić information content (AvgIpc) is 3.37. The molecular weight excluding hydrogens is 519 g/mol. The Morgan fingerprint density at radius 2 is 1.84 bits per heavy atom. The van der Waals surface area contributed by atoms with Gasteiger partial charge in [-0.05, 0) is 31.2 Å². The van der Waals surface area contributed by atoms with Crippen LogP contribution >= 0.6 is 11.3 Å². The first kappa shape index (κ1) is 24.9. The summed E-state index contributed by atoms with van der Waals surface area (Å²) < 4.78 is 76.3. The summed E-state index contributed by atoms with van der Waals surface area (Å²) in [5, 5.41) is 4.60. The van der Waals surface area contributed by atoms with Gasteiger partial charge in [-0.1, -0.05) is 17.4 Å². The summed E-state index contributed by atoms with van der Waals surface area (Å²) in [6, 6.07) is 7.07. The number of halogens is 5. The maximum Gasteiger partial charge on any atom is 0.350 e. The summed E-state index contributed by atoms with van der Waals surface area (Å²) in [5.41, 5.74) is 3.51. The summed E-state index contributed by atoms with van der Waals surface area (Å²) in [4.78, 5) is 18.6. The summed E-state index contributed by atoms with van der Waals surface area (Å²) >= 11 is 1.06. The standard InChI is InChI=1S/C23H19F5N6O2S/c1-12-19(37-21(31-12)33-9-23(29,10-33)20(27)28)36-18-6-5-13(7-17(18)26)34-22(35)32(11-30-34)8-14-15(24)3-2-4-16(14)25/h2-7,11,20H,8-10,29H2,1H3. The lowest BCUT2D eigenvalue weighted by molar-refractivity contribution is 0.0367. The van der Waals surface area contributed by atoms with Crippen molar-refractivity contribution in [1.29, 1.82) is 0 Å². The van der Waals surface area contributed by atoms with Gasteiger partial charge in [-0.2, -0.15) is 9.78 Å². The fraction of sp³-hybridized carbons (Fsp3) is 0.261. The Morgan fingerprint density at radius 3 is 2.49 bits per heavy atom. The van der Waals surface area contributed by atoms with E-state index < -0.39 is 41.7 Å². The van der Waals surface area contributed by atoms with Crippen molar-refractivity contribution in [2.75, 3.05) is 18.0 Å². The highest BCUT2D eigenvalue weighted by molar-refractivity contribution is 7.17. The zero-order chi connectivity index (χ0) is 26.5. The molecule has 2 N–H and O–H groups in total. The molecule has 3 heterocycles. The van der Waals surface area contributed by atoms with E-state index >= 15 is 0 Å². The minimum absolute atomic E-state index is 0.0644. The molecule has 8 nitrogen and oxygen atoms in total. The van der Waals surface area contributed by atoms with Crippen molar-refractivity contribution >= 4 is 16.5 Å². The molecule has 1 aliphatic rings. The number of anilines is 1. The van der Waals surface area contributed by atoms with Crippen LogP contribution in [-0.2, 0) is 6.54 Å². The van der Waals surface area contributed by atoms with E-state index in [4.69, 9.17) is 10.5 Å². The number of nitrogens with two attached hydrogens (primary N) is 1. The van der Waals surface area contributed by atoms with Crippen LogP contribution in [0, 0.1) is 24.4 Å². The summed E-state index contributed by atoms with van der Waals surface area (Å²) in [5.74, 6) is -2.58. The molecule has 37 heavy (non-hydrogen) atoms. The monoisotopic (exact) mass is 538 g/mol. The smallest absolute Gasteiger partial charge is 0.350 e. The van der Waals surface area contributed by atoms with Crippen molar-refractivity contribution in [2.24, 2.45) is 5.73 Å². The van der Waals surface area contributed by atoms with Gasteiger partial charge in [0.2, 0.25) is 5.06 Å². The quantitative estimate of drug-likeness (QED) is 0.360. The highest BCUT2D eigenvalue weighted by Crippen LogP contribution is 2.40. The van der Waals surface area contributed by atoms with E-state index in [-0.39, 0.29) is 35.2 Å². The van der Waals surface area contributed by atoms with Crippen molar-refractivity contribution in [3.05, 3.63) is 81.9 Å². The van der Waals surface area contributed by atoms with Crippen LogP contribution in [0.2, 0.25) is 0 Å². The maximum atomic E-state index is 14.9. The molecule has 0 aliphatic carbocycles. The molecule has 0 spiro atoms. The molecule has 5 rings (SSSR count). The molecule has 0 atom stereocenters. The molecule has 1 fully saturated rings. The molecule has 194 valence electrons. The van der Waals surface area contributed by atoms with Crippen molar-refractivity contribution in [1.82, 2.24) is 19.3 Å². The van der Waals surface area contributed by atoms with E-state index in [2.05, 4.69) is 10.1 Å².